The Morgan fingerprint density at radius 3 is 1.61 bits per heavy atom. The zero-order valence-corrected chi connectivity index (χ0v) is 38.4. The van der Waals surface area contributed by atoms with E-state index in [1.54, 1.807) is 12.1 Å². The number of benzene rings is 5. The smallest absolute Gasteiger partial charge is 0.361 e. The van der Waals surface area contributed by atoms with Gasteiger partial charge in [0.25, 0.3) is 11.1 Å². The minimum Gasteiger partial charge on any atom is -0.464 e. The molecular formula is C51H50F2N8O11. The van der Waals surface area contributed by atoms with Crippen LogP contribution >= 0.6 is 0 Å². The number of hydrogen-bond donors (Lipinski definition) is 2. The maximum atomic E-state index is 13.2. The molecule has 2 aliphatic heterocycles. The van der Waals surface area contributed by atoms with Crippen LogP contribution in [0.2, 0.25) is 0 Å². The van der Waals surface area contributed by atoms with Crippen LogP contribution in [-0.4, -0.2) is 90.6 Å². The number of halogens is 2. The number of aromatic amines is 2. The molecule has 2 aliphatic rings. The minimum atomic E-state index is -0.836. The Bertz CT molecular complexity index is 3380. The highest BCUT2D eigenvalue weighted by atomic mass is 19.1. The number of imide groups is 1. The van der Waals surface area contributed by atoms with Crippen molar-refractivity contribution >= 4 is 45.6 Å². The summed E-state index contributed by atoms with van der Waals surface area (Å²) in [6.07, 6.45) is 3.14. The molecule has 0 saturated carbocycles. The van der Waals surface area contributed by atoms with Crippen molar-refractivity contribution in [1.29, 1.82) is 0 Å². The second-order valence-corrected chi connectivity index (χ2v) is 16.0. The van der Waals surface area contributed by atoms with Crippen molar-refractivity contribution in [2.24, 2.45) is 0 Å². The van der Waals surface area contributed by atoms with Gasteiger partial charge in [0.1, 0.15) is 33.4 Å². The number of carbonyl (C=O) groups excluding carboxylic acids is 4. The van der Waals surface area contributed by atoms with Gasteiger partial charge in [-0.3, -0.25) is 48.0 Å². The third-order valence-electron chi connectivity index (χ3n) is 11.2. The molecule has 0 bridgehead atoms. The lowest BCUT2D eigenvalue weighted by atomic mass is 10.1. The van der Waals surface area contributed by atoms with Crippen LogP contribution in [0.15, 0.2) is 128 Å². The number of rotatable bonds is 10. The third kappa shape index (κ3) is 12.2. The average Bonchev–Trinajstić information content (AvgIpc) is 4.26. The Morgan fingerprint density at radius 2 is 1.11 bits per heavy atom. The standard InChI is InChI=1S/C22H15FN4O4.C13H13N3O4.C11H10FNO2.C4H8O.CH4/c23-14-8-6-13(7-9-14)10-26-21(30)15-16(22(26)31)20(29)18-17(19(15)28)24-25-27(18)11-12-4-2-1-3-5-12;1-19-12(17)10-11(13(18)20-2)16(15-14-10)8-9-6-4-3-5-7-9;12-9-3-1-8(2-4-9)7-13-10(14)5-6-11(13)15;1-2-4-5-3-1;/h1-9,24-25H,10-11H2;3-7H,8H2,1-2H3;1-4H,5-7H2;1-4H2;1H4. The summed E-state index contributed by atoms with van der Waals surface area (Å²) in [5.41, 5.74) is -0.283. The van der Waals surface area contributed by atoms with Crippen LogP contribution in [0.1, 0.15) is 76.3 Å². The van der Waals surface area contributed by atoms with Gasteiger partial charge in [-0.05, 0) is 59.4 Å². The van der Waals surface area contributed by atoms with Crippen LogP contribution in [0.4, 0.5) is 8.78 Å². The normalized spacial score (nSPS) is 12.8. The van der Waals surface area contributed by atoms with E-state index in [-0.39, 0.29) is 67.1 Å². The van der Waals surface area contributed by atoms with Crippen LogP contribution in [0.3, 0.4) is 0 Å². The molecule has 19 nitrogen and oxygen atoms in total. The summed E-state index contributed by atoms with van der Waals surface area (Å²) in [7, 11) is 2.43. The van der Waals surface area contributed by atoms with Crippen LogP contribution in [0.25, 0.3) is 21.8 Å². The van der Waals surface area contributed by atoms with Crippen LogP contribution in [0.5, 0.6) is 0 Å². The quantitative estimate of drug-likeness (QED) is 0.133. The highest BCUT2D eigenvalue weighted by molar-refractivity contribution is 6.02. The summed E-state index contributed by atoms with van der Waals surface area (Å²) in [5, 5.41) is 12.0. The molecule has 0 aliphatic carbocycles. The first-order chi connectivity index (χ1) is 34.3. The SMILES string of the molecule is C.C1CCOC1.COC(=O)c1nnn(Cc2ccccc2)c1C(=O)OC.O=C1CCC(=O)N1Cc1ccc(F)cc1.O=c1c2[nH][nH]n(Cc3ccccc3)c2c(=O)c2c(=O)n(Cc3ccc(F)cc3)c(=O)c12. The molecule has 0 unspecified atom stereocenters. The fraction of sp³-hybridized carbons (Fsp3) is 0.255. The van der Waals surface area contributed by atoms with Crippen molar-refractivity contribution in [2.45, 2.75) is 59.3 Å². The van der Waals surface area contributed by atoms with E-state index in [2.05, 4.69) is 30.1 Å². The Morgan fingerprint density at radius 1 is 0.625 bits per heavy atom. The van der Waals surface area contributed by atoms with Crippen molar-refractivity contribution in [2.75, 3.05) is 27.4 Å². The Balaban J connectivity index is 0.000000177. The number of hydrogen-bond acceptors (Lipinski definition) is 13. The average molecular weight is 989 g/mol. The molecule has 2 fully saturated rings. The van der Waals surface area contributed by atoms with Crippen LogP contribution in [-0.2, 0) is 50.0 Å². The highest BCUT2D eigenvalue weighted by Gasteiger charge is 2.29. The van der Waals surface area contributed by atoms with Gasteiger partial charge in [-0.25, -0.2) is 28.3 Å². The number of H-pyrrole nitrogens is 2. The first kappa shape index (κ1) is 52.6. The molecule has 3 aromatic heterocycles. The van der Waals surface area contributed by atoms with Gasteiger partial charge in [0, 0.05) is 26.1 Å². The van der Waals surface area contributed by atoms with Crippen LogP contribution < -0.4 is 22.0 Å². The van der Waals surface area contributed by atoms with Crippen molar-refractivity contribution in [3.05, 3.63) is 196 Å². The number of likely N-dealkylation sites (tertiary alicyclic amines) is 1. The Kier molecular flexibility index (Phi) is 17.7. The van der Waals surface area contributed by atoms with Gasteiger partial charge in [0.2, 0.25) is 28.4 Å². The molecule has 0 atom stereocenters. The number of fused-ring (bicyclic) bond motifs is 2. The molecule has 2 amide bonds. The number of carbonyl (C=O) groups is 4. The lowest BCUT2D eigenvalue weighted by molar-refractivity contribution is -0.139. The molecule has 2 saturated heterocycles. The molecular weight excluding hydrogens is 939 g/mol. The lowest BCUT2D eigenvalue weighted by Crippen LogP contribution is -2.28. The minimum absolute atomic E-state index is 0. The van der Waals surface area contributed by atoms with E-state index >= 15 is 0 Å². The summed E-state index contributed by atoms with van der Waals surface area (Å²) in [6.45, 7) is 2.64. The number of ether oxygens (including phenoxy) is 3. The molecule has 0 radical (unpaired) electrons. The van der Waals surface area contributed by atoms with E-state index in [1.807, 2.05) is 60.7 Å². The van der Waals surface area contributed by atoms with Gasteiger partial charge < -0.3 is 14.2 Å². The molecule has 374 valence electrons. The Hall–Kier alpha value is -8.72. The highest BCUT2D eigenvalue weighted by Crippen LogP contribution is 2.17. The zero-order chi connectivity index (χ0) is 50.6. The second kappa shape index (κ2) is 24.2. The van der Waals surface area contributed by atoms with Crippen molar-refractivity contribution in [1.82, 2.24) is 39.5 Å². The predicted molar refractivity (Wildman–Crippen MR) is 260 cm³/mol. The molecule has 5 heterocycles. The predicted octanol–water partition coefficient (Wildman–Crippen LogP) is 5.17. The third-order valence-corrected chi connectivity index (χ3v) is 11.2. The number of esters is 2. The number of aromatic nitrogens is 7. The number of nitrogens with zero attached hydrogens (tertiary/aromatic N) is 6. The van der Waals surface area contributed by atoms with E-state index in [4.69, 9.17) is 4.74 Å². The van der Waals surface area contributed by atoms with Gasteiger partial charge in [-0.1, -0.05) is 97.6 Å². The van der Waals surface area contributed by atoms with Gasteiger partial charge >= 0.3 is 11.9 Å². The first-order valence-electron chi connectivity index (χ1n) is 22.1. The Labute approximate surface area is 408 Å². The van der Waals surface area contributed by atoms with Crippen LogP contribution in [0, 0.1) is 11.6 Å². The van der Waals surface area contributed by atoms with E-state index in [0.717, 1.165) is 34.5 Å². The summed E-state index contributed by atoms with van der Waals surface area (Å²) in [6, 6.07) is 29.7. The summed E-state index contributed by atoms with van der Waals surface area (Å²) >= 11 is 0. The van der Waals surface area contributed by atoms with Crippen molar-refractivity contribution in [3.63, 3.8) is 0 Å². The number of methoxy groups -OCH3 is 2. The summed E-state index contributed by atoms with van der Waals surface area (Å²) in [4.78, 5) is 99.1. The van der Waals surface area contributed by atoms with Gasteiger partial charge in [-0.15, -0.1) is 5.10 Å². The molecule has 72 heavy (non-hydrogen) atoms. The summed E-state index contributed by atoms with van der Waals surface area (Å²) in [5.74, 6) is -2.49. The van der Waals surface area contributed by atoms with Gasteiger partial charge in [0.15, 0.2) is 5.69 Å². The maximum Gasteiger partial charge on any atom is 0.361 e. The number of nitrogens with one attached hydrogen (secondary N) is 2. The molecule has 2 N–H and O–H groups in total. The topological polar surface area (TPSA) is 240 Å². The maximum absolute atomic E-state index is 13.2. The fourth-order valence-electron chi connectivity index (χ4n) is 7.61. The van der Waals surface area contributed by atoms with E-state index < -0.39 is 50.5 Å². The van der Waals surface area contributed by atoms with Crippen molar-refractivity contribution < 1.29 is 42.2 Å². The number of amides is 2. The second-order valence-electron chi connectivity index (χ2n) is 16.0. The largest absolute Gasteiger partial charge is 0.464 e. The molecule has 21 heteroatoms. The lowest BCUT2D eigenvalue weighted by Gasteiger charge is -2.13. The fourth-order valence-corrected chi connectivity index (χ4v) is 7.61. The summed E-state index contributed by atoms with van der Waals surface area (Å²) < 4.78 is 43.5. The first-order valence-corrected chi connectivity index (χ1v) is 22.1. The molecule has 0 spiro atoms. The van der Waals surface area contributed by atoms with E-state index in [9.17, 15) is 47.1 Å². The van der Waals surface area contributed by atoms with Gasteiger partial charge in [-0.2, -0.15) is 0 Å². The van der Waals surface area contributed by atoms with E-state index in [0.29, 0.717) is 24.9 Å². The molecule has 8 aromatic rings. The van der Waals surface area contributed by atoms with Crippen molar-refractivity contribution in [3.8, 4) is 0 Å². The monoisotopic (exact) mass is 988 g/mol. The van der Waals surface area contributed by atoms with Gasteiger partial charge in [0.05, 0.1) is 40.4 Å². The van der Waals surface area contributed by atoms with E-state index in [1.165, 1.54) is 77.7 Å². The molecule has 10 rings (SSSR count). The zero-order valence-electron chi connectivity index (χ0n) is 38.4. The molecule has 5 aromatic carbocycles.